The molecule has 1 amide bonds. The molecule has 1 aromatic rings. The van der Waals surface area contributed by atoms with E-state index in [4.69, 9.17) is 5.73 Å². The summed E-state index contributed by atoms with van der Waals surface area (Å²) in [6.07, 6.45) is 5.10. The Bertz CT molecular complexity index is 652. The molecule has 2 rings (SSSR count). The van der Waals surface area contributed by atoms with Gasteiger partial charge < -0.3 is 11.1 Å². The van der Waals surface area contributed by atoms with Gasteiger partial charge in [0.1, 0.15) is 0 Å². The molecule has 1 saturated carbocycles. The molecule has 0 heterocycles. The molecule has 0 spiro atoms. The molecule has 1 aromatic carbocycles. The lowest BCUT2D eigenvalue weighted by atomic mass is 9.96. The molecule has 1 fully saturated rings. The lowest BCUT2D eigenvalue weighted by Crippen LogP contribution is -2.38. The van der Waals surface area contributed by atoms with Crippen LogP contribution in [0.5, 0.6) is 0 Å². The molecule has 7 heteroatoms. The minimum absolute atomic E-state index is 0.0519. The molecule has 3 N–H and O–H groups in total. The Kier molecular flexibility index (Phi) is 5.78. The van der Waals surface area contributed by atoms with E-state index in [0.717, 1.165) is 25.7 Å². The molecular formula is C16H25N3O3S. The van der Waals surface area contributed by atoms with Gasteiger partial charge in [-0.15, -0.1) is 0 Å². The van der Waals surface area contributed by atoms with Crippen molar-refractivity contribution < 1.29 is 13.2 Å². The zero-order valence-corrected chi connectivity index (χ0v) is 14.5. The maximum atomic E-state index is 12.8. The molecular weight excluding hydrogens is 314 g/mol. The van der Waals surface area contributed by atoms with Gasteiger partial charge in [-0.25, -0.2) is 8.42 Å². The van der Waals surface area contributed by atoms with Gasteiger partial charge in [-0.05, 0) is 38.0 Å². The van der Waals surface area contributed by atoms with Crippen molar-refractivity contribution in [2.45, 2.75) is 56.0 Å². The number of carbonyl (C=O) groups excluding carboxylic acids is 1. The Labute approximate surface area is 138 Å². The van der Waals surface area contributed by atoms with Gasteiger partial charge in [-0.1, -0.05) is 25.3 Å². The average molecular weight is 339 g/mol. The van der Waals surface area contributed by atoms with Crippen LogP contribution in [0.3, 0.4) is 0 Å². The second-order valence-electron chi connectivity index (χ2n) is 6.12. The number of anilines is 1. The third-order valence-electron chi connectivity index (χ3n) is 4.28. The van der Waals surface area contributed by atoms with E-state index in [1.807, 2.05) is 0 Å². The largest absolute Gasteiger partial charge is 0.325 e. The summed E-state index contributed by atoms with van der Waals surface area (Å²) in [6, 6.07) is 5.71. The SMILES string of the molecule is C[C@H](N)C(=O)Nc1cccc(S(=O)(=O)N(C)C2CCCCC2)c1. The van der Waals surface area contributed by atoms with Crippen LogP contribution in [0.15, 0.2) is 29.2 Å². The molecule has 0 unspecified atom stereocenters. The van der Waals surface area contributed by atoms with Gasteiger partial charge in [0.15, 0.2) is 0 Å². The summed E-state index contributed by atoms with van der Waals surface area (Å²) in [7, 11) is -1.93. The summed E-state index contributed by atoms with van der Waals surface area (Å²) in [5, 5.41) is 2.63. The smallest absolute Gasteiger partial charge is 0.243 e. The summed E-state index contributed by atoms with van der Waals surface area (Å²) >= 11 is 0. The van der Waals surface area contributed by atoms with Crippen LogP contribution in [0.2, 0.25) is 0 Å². The fraction of sp³-hybridized carbons (Fsp3) is 0.562. The van der Waals surface area contributed by atoms with E-state index >= 15 is 0 Å². The number of sulfonamides is 1. The van der Waals surface area contributed by atoms with Crippen LogP contribution in [-0.4, -0.2) is 37.8 Å². The third kappa shape index (κ3) is 4.31. The van der Waals surface area contributed by atoms with E-state index in [1.165, 1.54) is 16.8 Å². The Hall–Kier alpha value is -1.44. The number of hydrogen-bond donors (Lipinski definition) is 2. The zero-order valence-electron chi connectivity index (χ0n) is 13.7. The quantitative estimate of drug-likeness (QED) is 0.857. The van der Waals surface area contributed by atoms with Crippen molar-refractivity contribution in [2.75, 3.05) is 12.4 Å². The van der Waals surface area contributed by atoms with Crippen molar-refractivity contribution >= 4 is 21.6 Å². The molecule has 1 atom stereocenters. The van der Waals surface area contributed by atoms with Crippen molar-refractivity contribution in [3.05, 3.63) is 24.3 Å². The number of nitrogens with two attached hydrogens (primary N) is 1. The monoisotopic (exact) mass is 339 g/mol. The van der Waals surface area contributed by atoms with Crippen molar-refractivity contribution in [1.82, 2.24) is 4.31 Å². The van der Waals surface area contributed by atoms with Gasteiger partial charge in [-0.3, -0.25) is 4.79 Å². The molecule has 0 radical (unpaired) electrons. The lowest BCUT2D eigenvalue weighted by molar-refractivity contribution is -0.117. The van der Waals surface area contributed by atoms with E-state index in [0.29, 0.717) is 5.69 Å². The van der Waals surface area contributed by atoms with Gasteiger partial charge >= 0.3 is 0 Å². The molecule has 0 bridgehead atoms. The van der Waals surface area contributed by atoms with Gasteiger partial charge in [0.05, 0.1) is 10.9 Å². The Morgan fingerprint density at radius 3 is 2.57 bits per heavy atom. The normalized spacial score (nSPS) is 17.9. The van der Waals surface area contributed by atoms with E-state index in [2.05, 4.69) is 5.32 Å². The lowest BCUT2D eigenvalue weighted by Gasteiger charge is -2.30. The van der Waals surface area contributed by atoms with Crippen molar-refractivity contribution in [3.63, 3.8) is 0 Å². The van der Waals surface area contributed by atoms with Crippen molar-refractivity contribution in [3.8, 4) is 0 Å². The Morgan fingerprint density at radius 2 is 1.96 bits per heavy atom. The number of nitrogens with zero attached hydrogens (tertiary/aromatic N) is 1. The van der Waals surface area contributed by atoms with Gasteiger partial charge in [-0.2, -0.15) is 4.31 Å². The summed E-state index contributed by atoms with van der Waals surface area (Å²) in [5.74, 6) is -0.347. The standard InChI is InChI=1S/C16H25N3O3S/c1-12(17)16(20)18-13-7-6-10-15(11-13)23(21,22)19(2)14-8-4-3-5-9-14/h6-7,10-12,14H,3-5,8-9,17H2,1-2H3,(H,18,20)/t12-/m0/s1. The van der Waals surface area contributed by atoms with Gasteiger partial charge in [0.2, 0.25) is 15.9 Å². The number of amides is 1. The summed E-state index contributed by atoms with van der Waals surface area (Å²) in [4.78, 5) is 11.8. The minimum Gasteiger partial charge on any atom is -0.325 e. The molecule has 1 aliphatic carbocycles. The number of carbonyl (C=O) groups is 1. The summed E-state index contributed by atoms with van der Waals surface area (Å²) in [6.45, 7) is 1.58. The highest BCUT2D eigenvalue weighted by Gasteiger charge is 2.29. The van der Waals surface area contributed by atoms with Crippen LogP contribution in [-0.2, 0) is 14.8 Å². The number of benzene rings is 1. The van der Waals surface area contributed by atoms with Gasteiger partial charge in [0, 0.05) is 18.8 Å². The highest BCUT2D eigenvalue weighted by atomic mass is 32.2. The first kappa shape index (κ1) is 17.9. The second kappa shape index (κ2) is 7.42. The fourth-order valence-corrected chi connectivity index (χ4v) is 4.26. The Balaban J connectivity index is 2.20. The predicted octanol–water partition coefficient (Wildman–Crippen LogP) is 1.93. The molecule has 0 saturated heterocycles. The molecule has 6 nitrogen and oxygen atoms in total. The number of hydrogen-bond acceptors (Lipinski definition) is 4. The third-order valence-corrected chi connectivity index (χ3v) is 6.19. The zero-order chi connectivity index (χ0) is 17.0. The topological polar surface area (TPSA) is 92.5 Å². The maximum Gasteiger partial charge on any atom is 0.243 e. The number of nitrogens with one attached hydrogen (secondary N) is 1. The van der Waals surface area contributed by atoms with Crippen LogP contribution >= 0.6 is 0 Å². The summed E-state index contributed by atoms with van der Waals surface area (Å²) < 4.78 is 27.1. The van der Waals surface area contributed by atoms with E-state index in [9.17, 15) is 13.2 Å². The van der Waals surface area contributed by atoms with Crippen molar-refractivity contribution in [1.29, 1.82) is 0 Å². The van der Waals surface area contributed by atoms with Gasteiger partial charge in [0.25, 0.3) is 0 Å². The fourth-order valence-electron chi connectivity index (χ4n) is 2.80. The molecule has 128 valence electrons. The Morgan fingerprint density at radius 1 is 1.30 bits per heavy atom. The molecule has 0 aliphatic heterocycles. The molecule has 23 heavy (non-hydrogen) atoms. The van der Waals surface area contributed by atoms with Crippen LogP contribution < -0.4 is 11.1 Å². The maximum absolute atomic E-state index is 12.8. The van der Waals surface area contributed by atoms with Crippen LogP contribution in [0.4, 0.5) is 5.69 Å². The molecule has 0 aromatic heterocycles. The van der Waals surface area contributed by atoms with E-state index in [-0.39, 0.29) is 16.8 Å². The van der Waals surface area contributed by atoms with Crippen LogP contribution in [0, 0.1) is 0 Å². The van der Waals surface area contributed by atoms with Crippen LogP contribution in [0.1, 0.15) is 39.0 Å². The predicted molar refractivity (Wildman–Crippen MR) is 90.5 cm³/mol. The minimum atomic E-state index is -3.57. The van der Waals surface area contributed by atoms with Crippen molar-refractivity contribution in [2.24, 2.45) is 5.73 Å². The first-order chi connectivity index (χ1) is 10.8. The average Bonchev–Trinajstić information content (AvgIpc) is 2.55. The second-order valence-corrected chi connectivity index (χ2v) is 8.12. The highest BCUT2D eigenvalue weighted by Crippen LogP contribution is 2.27. The van der Waals surface area contributed by atoms with E-state index < -0.39 is 16.1 Å². The highest BCUT2D eigenvalue weighted by molar-refractivity contribution is 7.89. The van der Waals surface area contributed by atoms with Crippen LogP contribution in [0.25, 0.3) is 0 Å². The summed E-state index contributed by atoms with van der Waals surface area (Å²) in [5.41, 5.74) is 5.95. The number of rotatable bonds is 5. The van der Waals surface area contributed by atoms with E-state index in [1.54, 1.807) is 32.2 Å². The molecule has 1 aliphatic rings. The first-order valence-corrected chi connectivity index (χ1v) is 9.41. The first-order valence-electron chi connectivity index (χ1n) is 7.97.